The van der Waals surface area contributed by atoms with E-state index in [0.29, 0.717) is 18.1 Å². The van der Waals surface area contributed by atoms with Gasteiger partial charge in [-0.3, -0.25) is 0 Å². The predicted molar refractivity (Wildman–Crippen MR) is 103 cm³/mol. The molecular weight excluding hydrogens is 330 g/mol. The zero-order valence-corrected chi connectivity index (χ0v) is 15.7. The smallest absolute Gasteiger partial charge is 0.201 e. The van der Waals surface area contributed by atoms with Crippen LogP contribution in [0.3, 0.4) is 0 Å². The molecule has 140 valence electrons. The summed E-state index contributed by atoms with van der Waals surface area (Å²) in [5.41, 5.74) is 2.30. The van der Waals surface area contributed by atoms with Gasteiger partial charge in [0.25, 0.3) is 0 Å². The van der Waals surface area contributed by atoms with E-state index in [1.807, 2.05) is 12.1 Å². The Bertz CT molecular complexity index is 716. The monoisotopic (exact) mass is 358 g/mol. The lowest BCUT2D eigenvalue weighted by Crippen LogP contribution is -2.13. The summed E-state index contributed by atoms with van der Waals surface area (Å²) < 4.78 is 33.6. The van der Waals surface area contributed by atoms with E-state index in [1.54, 1.807) is 13.0 Å². The molecule has 0 atom stereocenters. The van der Waals surface area contributed by atoms with E-state index >= 15 is 0 Å². The summed E-state index contributed by atoms with van der Waals surface area (Å²) in [4.78, 5) is 0. The number of halogens is 2. The van der Waals surface area contributed by atoms with Gasteiger partial charge in [0.1, 0.15) is 0 Å². The van der Waals surface area contributed by atoms with Crippen LogP contribution in [0.15, 0.2) is 36.4 Å². The summed E-state index contributed by atoms with van der Waals surface area (Å²) in [6.07, 6.45) is 7.69. The highest BCUT2D eigenvalue weighted by Crippen LogP contribution is 2.38. The van der Waals surface area contributed by atoms with Gasteiger partial charge in [-0.2, -0.15) is 4.39 Å². The molecule has 1 aliphatic carbocycles. The van der Waals surface area contributed by atoms with Crippen LogP contribution in [0.25, 0.3) is 11.1 Å². The molecule has 0 aromatic heterocycles. The second-order valence-corrected chi connectivity index (χ2v) is 7.30. The van der Waals surface area contributed by atoms with Crippen molar-refractivity contribution in [2.45, 2.75) is 58.3 Å². The quantitative estimate of drug-likeness (QED) is 0.535. The molecule has 3 rings (SSSR count). The average molecular weight is 358 g/mol. The van der Waals surface area contributed by atoms with E-state index < -0.39 is 11.6 Å². The Balaban J connectivity index is 1.73. The number of ether oxygens (including phenoxy) is 1. The average Bonchev–Trinajstić information content (AvgIpc) is 2.67. The summed E-state index contributed by atoms with van der Waals surface area (Å²) in [5.74, 6) is -0.309. The molecule has 0 N–H and O–H groups in total. The maximum atomic E-state index is 14.4. The molecule has 3 heteroatoms. The molecule has 0 saturated heterocycles. The van der Waals surface area contributed by atoms with Crippen LogP contribution < -0.4 is 4.74 Å². The highest BCUT2D eigenvalue weighted by molar-refractivity contribution is 5.65. The highest BCUT2D eigenvalue weighted by atomic mass is 19.2. The fraction of sp³-hybridized carbons (Fsp3) is 0.478. The molecule has 0 unspecified atom stereocenters. The highest BCUT2D eigenvalue weighted by Gasteiger charge is 2.22. The Morgan fingerprint density at radius 3 is 2.19 bits per heavy atom. The van der Waals surface area contributed by atoms with Gasteiger partial charge in [-0.1, -0.05) is 44.0 Å². The lowest BCUT2D eigenvalue weighted by molar-refractivity contribution is 0.308. The van der Waals surface area contributed by atoms with E-state index in [0.717, 1.165) is 5.92 Å². The molecule has 0 amide bonds. The molecule has 0 radical (unpaired) electrons. The first-order valence-electron chi connectivity index (χ1n) is 9.85. The first-order valence-corrected chi connectivity index (χ1v) is 9.85. The summed E-state index contributed by atoms with van der Waals surface area (Å²) in [6.45, 7) is 4.32. The van der Waals surface area contributed by atoms with E-state index in [4.69, 9.17) is 4.74 Å². The van der Waals surface area contributed by atoms with Crippen molar-refractivity contribution in [3.8, 4) is 16.9 Å². The maximum absolute atomic E-state index is 14.4. The molecule has 1 nitrogen and oxygen atoms in total. The number of hydrogen-bond acceptors (Lipinski definition) is 1. The Kier molecular flexibility index (Phi) is 6.29. The van der Waals surface area contributed by atoms with E-state index in [-0.39, 0.29) is 11.3 Å². The molecule has 0 spiro atoms. The van der Waals surface area contributed by atoms with Crippen molar-refractivity contribution in [2.75, 3.05) is 6.61 Å². The molecule has 1 aliphatic rings. The summed E-state index contributed by atoms with van der Waals surface area (Å²) in [7, 11) is 0. The van der Waals surface area contributed by atoms with Crippen molar-refractivity contribution in [2.24, 2.45) is 5.92 Å². The molecule has 1 fully saturated rings. The van der Waals surface area contributed by atoms with Crippen LogP contribution in [0.1, 0.15) is 63.9 Å². The van der Waals surface area contributed by atoms with Crippen LogP contribution in [0, 0.1) is 17.6 Å². The Labute approximate surface area is 155 Å². The van der Waals surface area contributed by atoms with Crippen molar-refractivity contribution >= 4 is 0 Å². The van der Waals surface area contributed by atoms with Gasteiger partial charge in [0.05, 0.1) is 6.61 Å². The van der Waals surface area contributed by atoms with E-state index in [9.17, 15) is 8.78 Å². The van der Waals surface area contributed by atoms with Crippen LogP contribution in [0.5, 0.6) is 5.75 Å². The van der Waals surface area contributed by atoms with Gasteiger partial charge in [-0.15, -0.1) is 0 Å². The Morgan fingerprint density at radius 2 is 1.58 bits per heavy atom. The lowest BCUT2D eigenvalue weighted by atomic mass is 9.77. The van der Waals surface area contributed by atoms with Crippen molar-refractivity contribution in [1.82, 2.24) is 0 Å². The normalized spacial score (nSPS) is 20.2. The first kappa shape index (κ1) is 18.9. The van der Waals surface area contributed by atoms with Crippen LogP contribution in [-0.4, -0.2) is 6.61 Å². The molecular formula is C23H28F2O. The standard InChI is InChI=1S/C23H28F2O/c1-3-5-16-6-8-17(9-7-16)18-10-12-19(13-11-18)20-14-15-21(26-4-2)23(25)22(20)24/h10-17H,3-9H2,1-2H3. The van der Waals surface area contributed by atoms with Crippen molar-refractivity contribution in [3.63, 3.8) is 0 Å². The number of hydrogen-bond donors (Lipinski definition) is 0. The van der Waals surface area contributed by atoms with Gasteiger partial charge in [-0.25, -0.2) is 4.39 Å². The topological polar surface area (TPSA) is 9.23 Å². The zero-order chi connectivity index (χ0) is 18.5. The summed E-state index contributed by atoms with van der Waals surface area (Å²) in [5, 5.41) is 0. The minimum atomic E-state index is -0.914. The van der Waals surface area contributed by atoms with Crippen LogP contribution in [0.2, 0.25) is 0 Å². The largest absolute Gasteiger partial charge is 0.491 e. The van der Waals surface area contributed by atoms with Crippen molar-refractivity contribution in [1.29, 1.82) is 0 Å². The van der Waals surface area contributed by atoms with Crippen LogP contribution >= 0.6 is 0 Å². The number of rotatable bonds is 6. The molecule has 1 saturated carbocycles. The second kappa shape index (κ2) is 8.66. The van der Waals surface area contributed by atoms with Gasteiger partial charge in [0.2, 0.25) is 5.82 Å². The van der Waals surface area contributed by atoms with Crippen molar-refractivity contribution < 1.29 is 13.5 Å². The van der Waals surface area contributed by atoms with Crippen LogP contribution in [0.4, 0.5) is 8.78 Å². The van der Waals surface area contributed by atoms with Gasteiger partial charge < -0.3 is 4.74 Å². The molecule has 0 bridgehead atoms. The third-order valence-electron chi connectivity index (χ3n) is 5.58. The van der Waals surface area contributed by atoms with E-state index in [1.165, 1.54) is 50.2 Å². The second-order valence-electron chi connectivity index (χ2n) is 7.30. The van der Waals surface area contributed by atoms with Gasteiger partial charge in [-0.05, 0) is 67.7 Å². The fourth-order valence-electron chi connectivity index (χ4n) is 4.15. The maximum Gasteiger partial charge on any atom is 0.201 e. The zero-order valence-electron chi connectivity index (χ0n) is 15.7. The molecule has 2 aromatic rings. The van der Waals surface area contributed by atoms with Gasteiger partial charge in [0, 0.05) is 5.56 Å². The van der Waals surface area contributed by atoms with Crippen molar-refractivity contribution in [3.05, 3.63) is 53.6 Å². The molecule has 2 aromatic carbocycles. The number of benzene rings is 2. The third kappa shape index (κ3) is 4.08. The Hall–Kier alpha value is -1.90. The Morgan fingerprint density at radius 1 is 0.885 bits per heavy atom. The molecule has 0 heterocycles. The van der Waals surface area contributed by atoms with E-state index in [2.05, 4.69) is 19.1 Å². The van der Waals surface area contributed by atoms with Crippen LogP contribution in [-0.2, 0) is 0 Å². The molecule has 0 aliphatic heterocycles. The summed E-state index contributed by atoms with van der Waals surface area (Å²) >= 11 is 0. The van der Waals surface area contributed by atoms with Gasteiger partial charge in [0.15, 0.2) is 11.6 Å². The minimum absolute atomic E-state index is 0.0331. The third-order valence-corrected chi connectivity index (χ3v) is 5.58. The van der Waals surface area contributed by atoms with Gasteiger partial charge >= 0.3 is 0 Å². The minimum Gasteiger partial charge on any atom is -0.491 e. The lowest BCUT2D eigenvalue weighted by Gasteiger charge is -2.28. The molecule has 26 heavy (non-hydrogen) atoms. The summed E-state index contributed by atoms with van der Waals surface area (Å²) in [6, 6.07) is 11.1. The first-order chi connectivity index (χ1) is 12.6. The fourth-order valence-corrected chi connectivity index (χ4v) is 4.15. The predicted octanol–water partition coefficient (Wildman–Crippen LogP) is 7.10. The SMILES string of the molecule is CCCC1CCC(c2ccc(-c3ccc(OCC)c(F)c3F)cc2)CC1.